The van der Waals surface area contributed by atoms with E-state index in [1.54, 1.807) is 17.5 Å². The van der Waals surface area contributed by atoms with Crippen molar-refractivity contribution in [2.45, 2.75) is 19.9 Å². The van der Waals surface area contributed by atoms with Crippen molar-refractivity contribution in [3.63, 3.8) is 0 Å². The van der Waals surface area contributed by atoms with E-state index in [9.17, 15) is 0 Å². The van der Waals surface area contributed by atoms with Crippen LogP contribution in [0.15, 0.2) is 30.6 Å². The monoisotopic (exact) mass is 277 g/mol. The van der Waals surface area contributed by atoms with Gasteiger partial charge < -0.3 is 10.4 Å². The molecule has 0 saturated heterocycles. The van der Waals surface area contributed by atoms with E-state index in [-0.39, 0.29) is 6.61 Å². The fourth-order valence-corrected chi connectivity index (χ4v) is 2.62. The van der Waals surface area contributed by atoms with Gasteiger partial charge in [0.2, 0.25) is 0 Å². The minimum atomic E-state index is 0.257. The molecule has 2 aromatic rings. The van der Waals surface area contributed by atoms with Crippen molar-refractivity contribution in [2.75, 3.05) is 13.2 Å². The molecule has 0 saturated carbocycles. The van der Waals surface area contributed by atoms with Gasteiger partial charge in [-0.2, -0.15) is 0 Å². The maximum atomic E-state index is 8.84. The Hall–Kier alpha value is -1.30. The number of aliphatic hydroxyl groups excluding tert-OH is 1. The highest BCUT2D eigenvalue weighted by Gasteiger charge is 2.06. The normalized spacial score (nSPS) is 12.5. The van der Waals surface area contributed by atoms with Gasteiger partial charge in [-0.25, -0.2) is 4.98 Å². The second-order valence-corrected chi connectivity index (χ2v) is 5.71. The van der Waals surface area contributed by atoms with Crippen LogP contribution < -0.4 is 5.32 Å². The molecule has 0 aliphatic rings. The van der Waals surface area contributed by atoms with Crippen LogP contribution in [0.25, 0.3) is 10.7 Å². The van der Waals surface area contributed by atoms with Gasteiger partial charge in [-0.05, 0) is 31.0 Å². The van der Waals surface area contributed by atoms with E-state index in [1.165, 1.54) is 4.88 Å². The Morgan fingerprint density at radius 1 is 1.37 bits per heavy atom. The lowest BCUT2D eigenvalue weighted by Crippen LogP contribution is -2.20. The number of aromatic nitrogens is 2. The molecule has 2 N–H and O–H groups in total. The van der Waals surface area contributed by atoms with Crippen molar-refractivity contribution in [1.82, 2.24) is 15.3 Å². The van der Waals surface area contributed by atoms with E-state index in [2.05, 4.69) is 22.2 Å². The Morgan fingerprint density at radius 2 is 2.26 bits per heavy atom. The lowest BCUT2D eigenvalue weighted by molar-refractivity contribution is 0.260. The van der Waals surface area contributed by atoms with Gasteiger partial charge in [0.15, 0.2) is 0 Å². The summed E-state index contributed by atoms with van der Waals surface area (Å²) in [5.41, 5.74) is 0.924. The fraction of sp³-hybridized carbons (Fsp3) is 0.429. The maximum absolute atomic E-state index is 8.84. The first-order chi connectivity index (χ1) is 9.29. The molecule has 1 unspecified atom stereocenters. The zero-order chi connectivity index (χ0) is 13.5. The summed E-state index contributed by atoms with van der Waals surface area (Å²) in [6, 6.07) is 5.85. The summed E-state index contributed by atoms with van der Waals surface area (Å²) in [5, 5.41) is 13.2. The molecule has 2 rings (SSSR count). The third-order valence-electron chi connectivity index (χ3n) is 2.85. The average Bonchev–Trinajstić information content (AvgIpc) is 2.89. The van der Waals surface area contributed by atoms with Crippen molar-refractivity contribution < 1.29 is 5.11 Å². The SMILES string of the molecule is CC(CCO)CNCc1cnc(-c2ccccn2)s1. The Balaban J connectivity index is 1.85. The van der Waals surface area contributed by atoms with E-state index < -0.39 is 0 Å². The molecule has 0 amide bonds. The van der Waals surface area contributed by atoms with Crippen LogP contribution in [0.4, 0.5) is 0 Å². The van der Waals surface area contributed by atoms with Gasteiger partial charge in [-0.15, -0.1) is 11.3 Å². The van der Waals surface area contributed by atoms with E-state index >= 15 is 0 Å². The standard InChI is InChI=1S/C14H19N3OS/c1-11(5-7-18)8-15-9-12-10-17-14(19-12)13-4-2-3-6-16-13/h2-4,6,10-11,15,18H,5,7-9H2,1H3. The molecule has 0 aromatic carbocycles. The first kappa shape index (κ1) is 14.1. The quantitative estimate of drug-likeness (QED) is 0.815. The Bertz CT molecular complexity index is 486. The first-order valence-electron chi connectivity index (χ1n) is 6.47. The van der Waals surface area contributed by atoms with Crippen molar-refractivity contribution in [1.29, 1.82) is 0 Å². The molecule has 4 nitrogen and oxygen atoms in total. The van der Waals surface area contributed by atoms with Crippen LogP contribution in [0.1, 0.15) is 18.2 Å². The minimum Gasteiger partial charge on any atom is -0.396 e. The third-order valence-corrected chi connectivity index (χ3v) is 3.87. The van der Waals surface area contributed by atoms with E-state index in [1.807, 2.05) is 24.4 Å². The second-order valence-electron chi connectivity index (χ2n) is 4.60. The molecule has 2 heterocycles. The molecular weight excluding hydrogens is 258 g/mol. The van der Waals surface area contributed by atoms with Crippen LogP contribution in [-0.4, -0.2) is 28.2 Å². The van der Waals surface area contributed by atoms with Crippen LogP contribution in [-0.2, 0) is 6.54 Å². The smallest absolute Gasteiger partial charge is 0.142 e. The number of hydrogen-bond acceptors (Lipinski definition) is 5. The summed E-state index contributed by atoms with van der Waals surface area (Å²) in [6.07, 6.45) is 4.53. The summed E-state index contributed by atoms with van der Waals surface area (Å²) >= 11 is 1.67. The van der Waals surface area contributed by atoms with Gasteiger partial charge >= 0.3 is 0 Å². The number of nitrogens with one attached hydrogen (secondary N) is 1. The number of aliphatic hydroxyl groups is 1. The van der Waals surface area contributed by atoms with E-state index in [0.717, 1.165) is 30.2 Å². The largest absolute Gasteiger partial charge is 0.396 e. The zero-order valence-corrected chi connectivity index (χ0v) is 11.9. The van der Waals surface area contributed by atoms with Crippen molar-refractivity contribution >= 4 is 11.3 Å². The predicted molar refractivity (Wildman–Crippen MR) is 77.9 cm³/mol. The number of thiazole rings is 1. The molecule has 0 spiro atoms. The molecule has 0 radical (unpaired) electrons. The number of hydrogen-bond donors (Lipinski definition) is 2. The van der Waals surface area contributed by atoms with Crippen LogP contribution in [0.3, 0.4) is 0 Å². The summed E-state index contributed by atoms with van der Waals surface area (Å²) in [4.78, 5) is 9.90. The van der Waals surface area contributed by atoms with Gasteiger partial charge in [0.1, 0.15) is 5.01 Å². The van der Waals surface area contributed by atoms with Crippen LogP contribution >= 0.6 is 11.3 Å². The lowest BCUT2D eigenvalue weighted by atomic mass is 10.1. The van der Waals surface area contributed by atoms with Gasteiger partial charge in [-0.3, -0.25) is 4.98 Å². The van der Waals surface area contributed by atoms with Crippen LogP contribution in [0.5, 0.6) is 0 Å². The summed E-state index contributed by atoms with van der Waals surface area (Å²) < 4.78 is 0. The molecule has 0 aliphatic heterocycles. The molecule has 0 bridgehead atoms. The van der Waals surface area contributed by atoms with Gasteiger partial charge in [0, 0.05) is 30.4 Å². The molecule has 0 aliphatic carbocycles. The molecule has 102 valence electrons. The molecular formula is C14H19N3OS. The highest BCUT2D eigenvalue weighted by Crippen LogP contribution is 2.22. The third kappa shape index (κ3) is 4.38. The Labute approximate surface area is 117 Å². The molecule has 19 heavy (non-hydrogen) atoms. The summed E-state index contributed by atoms with van der Waals surface area (Å²) in [7, 11) is 0. The molecule has 5 heteroatoms. The summed E-state index contributed by atoms with van der Waals surface area (Å²) in [5.74, 6) is 0.494. The van der Waals surface area contributed by atoms with Gasteiger partial charge in [0.05, 0.1) is 5.69 Å². The highest BCUT2D eigenvalue weighted by atomic mass is 32.1. The van der Waals surface area contributed by atoms with Gasteiger partial charge in [-0.1, -0.05) is 13.0 Å². The maximum Gasteiger partial charge on any atom is 0.142 e. The molecule has 1 atom stereocenters. The van der Waals surface area contributed by atoms with Crippen molar-refractivity contribution in [3.05, 3.63) is 35.5 Å². The predicted octanol–water partition coefficient (Wildman–Crippen LogP) is 2.31. The number of nitrogens with zero attached hydrogens (tertiary/aromatic N) is 2. The van der Waals surface area contributed by atoms with Gasteiger partial charge in [0.25, 0.3) is 0 Å². The van der Waals surface area contributed by atoms with Crippen LogP contribution in [0, 0.1) is 5.92 Å². The summed E-state index contributed by atoms with van der Waals surface area (Å²) in [6.45, 7) is 4.13. The lowest BCUT2D eigenvalue weighted by Gasteiger charge is -2.09. The fourth-order valence-electron chi connectivity index (χ4n) is 1.76. The first-order valence-corrected chi connectivity index (χ1v) is 7.29. The van der Waals surface area contributed by atoms with E-state index in [0.29, 0.717) is 5.92 Å². The minimum absolute atomic E-state index is 0.257. The second kappa shape index (κ2) is 7.33. The highest BCUT2D eigenvalue weighted by molar-refractivity contribution is 7.14. The molecule has 0 fully saturated rings. The molecule has 2 aromatic heterocycles. The number of rotatable bonds is 7. The Kier molecular flexibility index (Phi) is 5.44. The van der Waals surface area contributed by atoms with Crippen molar-refractivity contribution in [3.8, 4) is 10.7 Å². The van der Waals surface area contributed by atoms with E-state index in [4.69, 9.17) is 5.11 Å². The average molecular weight is 277 g/mol. The van der Waals surface area contributed by atoms with Crippen LogP contribution in [0.2, 0.25) is 0 Å². The topological polar surface area (TPSA) is 58.0 Å². The zero-order valence-electron chi connectivity index (χ0n) is 11.0. The number of pyridine rings is 1. The van der Waals surface area contributed by atoms with Crippen molar-refractivity contribution in [2.24, 2.45) is 5.92 Å². The Morgan fingerprint density at radius 3 is 3.00 bits per heavy atom.